The first kappa shape index (κ1) is 23.5. The van der Waals surface area contributed by atoms with Crippen molar-refractivity contribution >= 4 is 51.6 Å². The van der Waals surface area contributed by atoms with Crippen LogP contribution in [0.5, 0.6) is 11.5 Å². The van der Waals surface area contributed by atoms with Gasteiger partial charge in [0.05, 0.1) is 12.2 Å². The van der Waals surface area contributed by atoms with Gasteiger partial charge >= 0.3 is 0 Å². The Morgan fingerprint density at radius 1 is 1.18 bits per heavy atom. The van der Waals surface area contributed by atoms with Crippen LogP contribution >= 0.6 is 23.8 Å². The van der Waals surface area contributed by atoms with Gasteiger partial charge in [-0.25, -0.2) is 4.98 Å². The van der Waals surface area contributed by atoms with Gasteiger partial charge in [-0.1, -0.05) is 31.5 Å². The van der Waals surface area contributed by atoms with E-state index in [-0.39, 0.29) is 22.7 Å². The van der Waals surface area contributed by atoms with Crippen molar-refractivity contribution in [1.29, 1.82) is 0 Å². The Kier molecular flexibility index (Phi) is 7.00. The number of rotatable bonds is 6. The molecule has 0 aliphatic rings. The van der Waals surface area contributed by atoms with Gasteiger partial charge in [-0.15, -0.1) is 0 Å². The molecule has 0 fully saturated rings. The fraction of sp³-hybridized carbons (Fsp3) is 0.160. The van der Waals surface area contributed by atoms with Crippen molar-refractivity contribution in [3.63, 3.8) is 0 Å². The lowest BCUT2D eigenvalue weighted by molar-refractivity contribution is 0.0977. The first-order valence-corrected chi connectivity index (χ1v) is 11.3. The number of nitrogens with one attached hydrogen (secondary N) is 2. The van der Waals surface area contributed by atoms with Crippen molar-refractivity contribution in [3.05, 3.63) is 71.2 Å². The Hall–Kier alpha value is -3.62. The number of hydrogen-bond donors (Lipinski definition) is 3. The number of aromatic nitrogens is 1. The average Bonchev–Trinajstić information content (AvgIpc) is 3.20. The van der Waals surface area contributed by atoms with E-state index in [2.05, 4.69) is 15.6 Å². The normalized spacial score (nSPS) is 10.9. The zero-order valence-corrected chi connectivity index (χ0v) is 20.0. The van der Waals surface area contributed by atoms with Crippen LogP contribution in [-0.4, -0.2) is 27.7 Å². The number of benzene rings is 3. The minimum atomic E-state index is -0.376. The van der Waals surface area contributed by atoms with Gasteiger partial charge in [0.1, 0.15) is 17.0 Å². The van der Waals surface area contributed by atoms with Crippen molar-refractivity contribution in [2.45, 2.75) is 13.8 Å². The molecule has 3 aromatic carbocycles. The average molecular weight is 496 g/mol. The number of nitrogens with zero attached hydrogens (tertiary/aromatic N) is 1. The molecule has 174 valence electrons. The molecule has 4 aromatic rings. The van der Waals surface area contributed by atoms with Gasteiger partial charge in [0.25, 0.3) is 5.91 Å². The number of thiocarbonyl (C=S) groups is 1. The largest absolute Gasteiger partial charge is 0.507 e. The number of oxazole rings is 1. The first-order chi connectivity index (χ1) is 16.3. The summed E-state index contributed by atoms with van der Waals surface area (Å²) in [7, 11) is 0. The van der Waals surface area contributed by atoms with Crippen molar-refractivity contribution in [2.75, 3.05) is 11.9 Å². The maximum absolute atomic E-state index is 12.6. The van der Waals surface area contributed by atoms with E-state index in [0.29, 0.717) is 51.2 Å². The van der Waals surface area contributed by atoms with E-state index < -0.39 is 0 Å². The SMILES string of the molecule is CC(C)COc1cccc(C(=O)NC(=S)Nc2ccc(-c3nc4cc(Cl)ccc4o3)c(O)c2)c1. The maximum Gasteiger partial charge on any atom is 0.257 e. The van der Waals surface area contributed by atoms with Crippen LogP contribution in [0.3, 0.4) is 0 Å². The van der Waals surface area contributed by atoms with Crippen LogP contribution in [0.25, 0.3) is 22.6 Å². The second-order valence-corrected chi connectivity index (χ2v) is 8.85. The fourth-order valence-electron chi connectivity index (χ4n) is 3.13. The number of hydrogen-bond acceptors (Lipinski definition) is 6. The van der Waals surface area contributed by atoms with Gasteiger partial charge in [-0.3, -0.25) is 10.1 Å². The summed E-state index contributed by atoms with van der Waals surface area (Å²) in [5.41, 5.74) is 2.46. The van der Waals surface area contributed by atoms with Gasteiger partial charge in [-0.05, 0) is 66.7 Å². The van der Waals surface area contributed by atoms with Gasteiger partial charge in [0.2, 0.25) is 5.89 Å². The van der Waals surface area contributed by atoms with Crippen molar-refractivity contribution < 1.29 is 19.1 Å². The summed E-state index contributed by atoms with van der Waals surface area (Å²) in [5.74, 6) is 0.808. The molecular formula is C25H22ClN3O4S. The lowest BCUT2D eigenvalue weighted by atomic mass is 10.2. The number of phenols is 1. The lowest BCUT2D eigenvalue weighted by Gasteiger charge is -2.12. The fourth-order valence-corrected chi connectivity index (χ4v) is 3.51. The van der Waals surface area contributed by atoms with Crippen molar-refractivity contribution in [3.8, 4) is 23.0 Å². The number of carbonyl (C=O) groups excluding carboxylic acids is 1. The number of aromatic hydroxyl groups is 1. The molecule has 1 amide bonds. The number of halogens is 1. The molecule has 0 atom stereocenters. The molecule has 0 bridgehead atoms. The molecule has 1 aromatic heterocycles. The molecule has 7 nitrogen and oxygen atoms in total. The van der Waals surface area contributed by atoms with E-state index in [1.807, 2.05) is 13.8 Å². The number of fused-ring (bicyclic) bond motifs is 1. The van der Waals surface area contributed by atoms with Gasteiger partial charge in [0, 0.05) is 22.3 Å². The van der Waals surface area contributed by atoms with E-state index in [4.69, 9.17) is 33.0 Å². The number of ether oxygens (including phenoxy) is 1. The predicted molar refractivity (Wildman–Crippen MR) is 137 cm³/mol. The van der Waals surface area contributed by atoms with Crippen molar-refractivity contribution in [2.24, 2.45) is 5.92 Å². The molecule has 0 saturated heterocycles. The van der Waals surface area contributed by atoms with Crippen LogP contribution in [0.2, 0.25) is 5.02 Å². The van der Waals surface area contributed by atoms with Gasteiger partial charge in [0.15, 0.2) is 10.7 Å². The lowest BCUT2D eigenvalue weighted by Crippen LogP contribution is -2.34. The highest BCUT2D eigenvalue weighted by molar-refractivity contribution is 7.80. The Balaban J connectivity index is 1.42. The summed E-state index contributed by atoms with van der Waals surface area (Å²) in [6.45, 7) is 4.66. The van der Waals surface area contributed by atoms with Crippen LogP contribution in [0, 0.1) is 5.92 Å². The molecule has 9 heteroatoms. The third-order valence-corrected chi connectivity index (χ3v) is 5.18. The number of carbonyl (C=O) groups is 1. The number of phenolic OH excluding ortho intramolecular Hbond substituents is 1. The van der Waals surface area contributed by atoms with E-state index >= 15 is 0 Å². The molecule has 0 unspecified atom stereocenters. The molecule has 1 heterocycles. The summed E-state index contributed by atoms with van der Waals surface area (Å²) in [6, 6.07) is 16.8. The molecule has 34 heavy (non-hydrogen) atoms. The molecule has 4 rings (SSSR count). The van der Waals surface area contributed by atoms with Crippen LogP contribution in [0.4, 0.5) is 5.69 Å². The second-order valence-electron chi connectivity index (χ2n) is 8.00. The molecular weight excluding hydrogens is 474 g/mol. The summed E-state index contributed by atoms with van der Waals surface area (Å²) < 4.78 is 11.4. The van der Waals surface area contributed by atoms with Crippen LogP contribution in [-0.2, 0) is 0 Å². The van der Waals surface area contributed by atoms with E-state index in [1.54, 1.807) is 54.6 Å². The topological polar surface area (TPSA) is 96.6 Å². The third kappa shape index (κ3) is 5.65. The summed E-state index contributed by atoms with van der Waals surface area (Å²) in [4.78, 5) is 17.0. The predicted octanol–water partition coefficient (Wildman–Crippen LogP) is 6.02. The number of anilines is 1. The highest BCUT2D eigenvalue weighted by Gasteiger charge is 2.14. The Labute approximate surface area is 206 Å². The molecule has 0 aliphatic heterocycles. The smallest absolute Gasteiger partial charge is 0.257 e. The van der Waals surface area contributed by atoms with E-state index in [9.17, 15) is 9.90 Å². The summed E-state index contributed by atoms with van der Waals surface area (Å²) >= 11 is 11.3. The monoisotopic (exact) mass is 495 g/mol. The highest BCUT2D eigenvalue weighted by atomic mass is 35.5. The van der Waals surface area contributed by atoms with E-state index in [1.165, 1.54) is 6.07 Å². The van der Waals surface area contributed by atoms with Crippen LogP contribution < -0.4 is 15.4 Å². The van der Waals surface area contributed by atoms with Gasteiger partial charge < -0.3 is 19.6 Å². The quantitative estimate of drug-likeness (QED) is 0.281. The standard InChI is InChI=1S/C25H22ClN3O4S/c1-14(2)13-32-18-5-3-4-15(10-18)23(31)29-25(34)27-17-7-8-19(21(30)12-17)24-28-20-11-16(26)6-9-22(20)33-24/h3-12,14,30H,13H2,1-2H3,(H2,27,29,31,34). The second kappa shape index (κ2) is 10.1. The Morgan fingerprint density at radius 3 is 2.76 bits per heavy atom. The van der Waals surface area contributed by atoms with Gasteiger partial charge in [-0.2, -0.15) is 0 Å². The zero-order valence-electron chi connectivity index (χ0n) is 18.5. The minimum absolute atomic E-state index is 0.0632. The molecule has 3 N–H and O–H groups in total. The first-order valence-electron chi connectivity index (χ1n) is 10.5. The summed E-state index contributed by atoms with van der Waals surface area (Å²) in [6.07, 6.45) is 0. The molecule has 0 spiro atoms. The maximum atomic E-state index is 12.6. The zero-order chi connectivity index (χ0) is 24.2. The molecule has 0 radical (unpaired) electrons. The third-order valence-electron chi connectivity index (χ3n) is 4.74. The Morgan fingerprint density at radius 2 is 2.00 bits per heavy atom. The van der Waals surface area contributed by atoms with E-state index in [0.717, 1.165) is 0 Å². The van der Waals surface area contributed by atoms with Crippen LogP contribution in [0.1, 0.15) is 24.2 Å². The summed E-state index contributed by atoms with van der Waals surface area (Å²) in [5, 5.41) is 16.7. The minimum Gasteiger partial charge on any atom is -0.507 e. The Bertz CT molecular complexity index is 1370. The van der Waals surface area contributed by atoms with Crippen molar-refractivity contribution in [1.82, 2.24) is 10.3 Å². The van der Waals surface area contributed by atoms with Crippen LogP contribution in [0.15, 0.2) is 65.1 Å². The molecule has 0 aliphatic carbocycles. The number of amides is 1. The molecule has 0 saturated carbocycles. The highest BCUT2D eigenvalue weighted by Crippen LogP contribution is 2.33.